The number of nitrogens with one attached hydrogen (secondary N) is 1. The van der Waals surface area contributed by atoms with Crippen LogP contribution in [0.4, 0.5) is 5.69 Å². The third kappa shape index (κ3) is 6.49. The normalized spacial score (nSPS) is 12.3. The van der Waals surface area contributed by atoms with Crippen LogP contribution in [-0.4, -0.2) is 40.3 Å². The first-order valence-electron chi connectivity index (χ1n) is 9.73. The van der Waals surface area contributed by atoms with Gasteiger partial charge in [0.1, 0.15) is 11.8 Å². The number of sulfonamides is 1. The molecule has 0 heterocycles. The summed E-state index contributed by atoms with van der Waals surface area (Å²) >= 11 is 0. The van der Waals surface area contributed by atoms with Crippen molar-refractivity contribution in [3.05, 3.63) is 59.7 Å². The van der Waals surface area contributed by atoms with Gasteiger partial charge in [-0.1, -0.05) is 36.8 Å². The van der Waals surface area contributed by atoms with Crippen molar-refractivity contribution in [2.75, 3.05) is 24.2 Å². The zero-order valence-corrected chi connectivity index (χ0v) is 18.3. The lowest BCUT2D eigenvalue weighted by Gasteiger charge is -2.30. The molecule has 0 aliphatic heterocycles. The minimum absolute atomic E-state index is 0.294. The molecule has 158 valence electrons. The summed E-state index contributed by atoms with van der Waals surface area (Å²) in [5, 5.41) is 2.89. The Labute approximate surface area is 173 Å². The van der Waals surface area contributed by atoms with Crippen molar-refractivity contribution in [2.45, 2.75) is 39.2 Å². The highest BCUT2D eigenvalue weighted by atomic mass is 32.2. The topological polar surface area (TPSA) is 75.7 Å². The van der Waals surface area contributed by atoms with Gasteiger partial charge in [0, 0.05) is 6.54 Å². The van der Waals surface area contributed by atoms with Gasteiger partial charge in [0.05, 0.1) is 19.1 Å². The van der Waals surface area contributed by atoms with Crippen molar-refractivity contribution in [2.24, 2.45) is 0 Å². The van der Waals surface area contributed by atoms with Crippen molar-refractivity contribution >= 4 is 21.6 Å². The number of aryl methyl sites for hydroxylation is 2. The first-order valence-corrected chi connectivity index (χ1v) is 11.6. The molecule has 6 nitrogen and oxygen atoms in total. The molecule has 2 rings (SSSR count). The second kappa shape index (κ2) is 10.3. The van der Waals surface area contributed by atoms with Gasteiger partial charge in [0.25, 0.3) is 0 Å². The van der Waals surface area contributed by atoms with Gasteiger partial charge in [-0.15, -0.1) is 0 Å². The maximum Gasteiger partial charge on any atom is 0.243 e. The predicted molar refractivity (Wildman–Crippen MR) is 117 cm³/mol. The number of ether oxygens (including phenoxy) is 1. The van der Waals surface area contributed by atoms with E-state index in [1.54, 1.807) is 38.3 Å². The Morgan fingerprint density at radius 3 is 2.41 bits per heavy atom. The van der Waals surface area contributed by atoms with Crippen molar-refractivity contribution in [3.8, 4) is 5.75 Å². The summed E-state index contributed by atoms with van der Waals surface area (Å²) in [6, 6.07) is 14.1. The van der Waals surface area contributed by atoms with Gasteiger partial charge in [-0.25, -0.2) is 8.42 Å². The number of rotatable bonds is 10. The van der Waals surface area contributed by atoms with Gasteiger partial charge in [-0.3, -0.25) is 9.10 Å². The number of carbonyl (C=O) groups excluding carboxylic acids is 1. The van der Waals surface area contributed by atoms with E-state index in [-0.39, 0.29) is 5.91 Å². The van der Waals surface area contributed by atoms with Gasteiger partial charge in [0.2, 0.25) is 15.9 Å². The van der Waals surface area contributed by atoms with Crippen LogP contribution in [-0.2, 0) is 21.2 Å². The molecule has 29 heavy (non-hydrogen) atoms. The standard InChI is InChI=1S/C22H30N2O4S/c1-5-21(22(25)23-15-7-10-18-9-6-8-17(2)16-18)24(29(4,26)27)19-11-13-20(28-3)14-12-19/h6,8-9,11-14,16,21H,5,7,10,15H2,1-4H3,(H,23,25). The highest BCUT2D eigenvalue weighted by molar-refractivity contribution is 7.92. The Morgan fingerprint density at radius 1 is 1.17 bits per heavy atom. The molecule has 1 N–H and O–H groups in total. The summed E-state index contributed by atoms with van der Waals surface area (Å²) in [6.07, 6.45) is 3.12. The zero-order chi connectivity index (χ0) is 21.4. The van der Waals surface area contributed by atoms with Gasteiger partial charge in [-0.05, 0) is 56.0 Å². The Balaban J connectivity index is 2.05. The Kier molecular flexibility index (Phi) is 8.08. The summed E-state index contributed by atoms with van der Waals surface area (Å²) in [4.78, 5) is 12.8. The molecule has 0 radical (unpaired) electrons. The Bertz CT molecular complexity index is 911. The average molecular weight is 419 g/mol. The number of hydrogen-bond acceptors (Lipinski definition) is 4. The third-order valence-corrected chi connectivity index (χ3v) is 5.86. The number of nitrogens with zero attached hydrogens (tertiary/aromatic N) is 1. The Morgan fingerprint density at radius 2 is 1.86 bits per heavy atom. The second-order valence-corrected chi connectivity index (χ2v) is 8.92. The molecule has 0 saturated heterocycles. The summed E-state index contributed by atoms with van der Waals surface area (Å²) < 4.78 is 31.2. The molecule has 1 atom stereocenters. The molecule has 1 amide bonds. The predicted octanol–water partition coefficient (Wildman–Crippen LogP) is 3.30. The zero-order valence-electron chi connectivity index (χ0n) is 17.5. The van der Waals surface area contributed by atoms with Crippen molar-refractivity contribution in [1.82, 2.24) is 5.32 Å². The van der Waals surface area contributed by atoms with E-state index in [1.807, 2.05) is 6.07 Å². The lowest BCUT2D eigenvalue weighted by Crippen LogP contribution is -2.49. The molecule has 0 spiro atoms. The fraction of sp³-hybridized carbons (Fsp3) is 0.409. The van der Waals surface area contributed by atoms with E-state index in [2.05, 4.69) is 30.4 Å². The van der Waals surface area contributed by atoms with E-state index in [9.17, 15) is 13.2 Å². The van der Waals surface area contributed by atoms with E-state index >= 15 is 0 Å². The lowest BCUT2D eigenvalue weighted by atomic mass is 10.1. The van der Waals surface area contributed by atoms with E-state index in [0.29, 0.717) is 24.4 Å². The van der Waals surface area contributed by atoms with Crippen LogP contribution in [0, 0.1) is 6.92 Å². The summed E-state index contributed by atoms with van der Waals surface area (Å²) in [6.45, 7) is 4.35. The van der Waals surface area contributed by atoms with Crippen LogP contribution in [0.2, 0.25) is 0 Å². The van der Waals surface area contributed by atoms with Gasteiger partial charge >= 0.3 is 0 Å². The van der Waals surface area contributed by atoms with Crippen LogP contribution < -0.4 is 14.4 Å². The van der Waals surface area contributed by atoms with Gasteiger partial charge in [0.15, 0.2) is 0 Å². The van der Waals surface area contributed by atoms with Crippen LogP contribution in [0.5, 0.6) is 5.75 Å². The molecule has 0 fully saturated rings. The van der Waals surface area contributed by atoms with Crippen LogP contribution in [0.15, 0.2) is 48.5 Å². The van der Waals surface area contributed by atoms with Gasteiger partial charge in [-0.2, -0.15) is 0 Å². The number of benzene rings is 2. The molecule has 0 aromatic heterocycles. The summed E-state index contributed by atoms with van der Waals surface area (Å²) in [5.74, 6) is 0.328. The molecule has 0 bridgehead atoms. The maximum absolute atomic E-state index is 12.8. The highest BCUT2D eigenvalue weighted by Gasteiger charge is 2.31. The number of anilines is 1. The third-order valence-electron chi connectivity index (χ3n) is 4.68. The first-order chi connectivity index (χ1) is 13.8. The van der Waals surface area contributed by atoms with Crippen molar-refractivity contribution in [1.29, 1.82) is 0 Å². The van der Waals surface area contributed by atoms with Crippen LogP contribution in [0.3, 0.4) is 0 Å². The second-order valence-electron chi connectivity index (χ2n) is 7.06. The van der Waals surface area contributed by atoms with Crippen LogP contribution >= 0.6 is 0 Å². The Hall–Kier alpha value is -2.54. The van der Waals surface area contributed by atoms with E-state index in [4.69, 9.17) is 4.74 Å². The number of methoxy groups -OCH3 is 1. The van der Waals surface area contributed by atoms with Crippen molar-refractivity contribution in [3.63, 3.8) is 0 Å². The van der Waals surface area contributed by atoms with Crippen molar-refractivity contribution < 1.29 is 17.9 Å². The molecule has 0 aliphatic rings. The van der Waals surface area contributed by atoms with Crippen LogP contribution in [0.1, 0.15) is 30.9 Å². The number of hydrogen-bond donors (Lipinski definition) is 1. The molecule has 2 aromatic carbocycles. The number of amides is 1. The smallest absolute Gasteiger partial charge is 0.243 e. The molecule has 0 aliphatic carbocycles. The highest BCUT2D eigenvalue weighted by Crippen LogP contribution is 2.25. The quantitative estimate of drug-likeness (QED) is 0.601. The minimum Gasteiger partial charge on any atom is -0.497 e. The average Bonchev–Trinajstić information content (AvgIpc) is 2.68. The fourth-order valence-corrected chi connectivity index (χ4v) is 4.49. The minimum atomic E-state index is -3.64. The summed E-state index contributed by atoms with van der Waals surface area (Å²) in [7, 11) is -2.10. The molecule has 1 unspecified atom stereocenters. The monoisotopic (exact) mass is 418 g/mol. The van der Waals surface area contributed by atoms with E-state index in [1.165, 1.54) is 15.4 Å². The maximum atomic E-state index is 12.8. The first kappa shape index (κ1) is 22.7. The molecular formula is C22H30N2O4S. The molecular weight excluding hydrogens is 388 g/mol. The molecule has 2 aromatic rings. The van der Waals surface area contributed by atoms with E-state index in [0.717, 1.165) is 19.1 Å². The van der Waals surface area contributed by atoms with Gasteiger partial charge < -0.3 is 10.1 Å². The lowest BCUT2D eigenvalue weighted by molar-refractivity contribution is -0.122. The SMILES string of the molecule is CCC(C(=O)NCCCc1cccc(C)c1)N(c1ccc(OC)cc1)S(C)(=O)=O. The van der Waals surface area contributed by atoms with Crippen LogP contribution in [0.25, 0.3) is 0 Å². The molecule has 0 saturated carbocycles. The molecule has 7 heteroatoms. The number of carbonyl (C=O) groups is 1. The fourth-order valence-electron chi connectivity index (χ4n) is 3.28. The largest absolute Gasteiger partial charge is 0.497 e. The summed E-state index contributed by atoms with van der Waals surface area (Å²) in [5.41, 5.74) is 2.87. The van der Waals surface area contributed by atoms with E-state index < -0.39 is 16.1 Å².